The molecule has 0 unspecified atom stereocenters. The van der Waals surface area contributed by atoms with Crippen molar-refractivity contribution in [2.75, 3.05) is 27.7 Å². The molecule has 104 valence electrons. The molecule has 19 heavy (non-hydrogen) atoms. The van der Waals surface area contributed by atoms with Crippen LogP contribution in [0.2, 0.25) is 0 Å². The molecular weight excluding hydrogens is 264 g/mol. The van der Waals surface area contributed by atoms with Crippen molar-refractivity contribution in [1.29, 1.82) is 0 Å². The molecule has 0 bridgehead atoms. The molecule has 0 spiro atoms. The largest absolute Gasteiger partial charge is 0.478 e. The quantitative estimate of drug-likeness (QED) is 0.800. The highest BCUT2D eigenvalue weighted by molar-refractivity contribution is 7.12. The van der Waals surface area contributed by atoms with Crippen molar-refractivity contribution in [2.24, 2.45) is 0 Å². The number of aliphatic carboxylic acids is 1. The van der Waals surface area contributed by atoms with Gasteiger partial charge in [-0.25, -0.2) is 4.79 Å². The molecular formula is C13H18N2O3S. The second-order valence-corrected chi connectivity index (χ2v) is 5.64. The lowest BCUT2D eigenvalue weighted by atomic mass is 10.3. The van der Waals surface area contributed by atoms with E-state index in [4.69, 9.17) is 5.11 Å². The van der Waals surface area contributed by atoms with Crippen molar-refractivity contribution in [3.63, 3.8) is 0 Å². The molecule has 1 rings (SSSR count). The second-order valence-electron chi connectivity index (χ2n) is 4.44. The number of hydrogen-bond donors (Lipinski definition) is 1. The SMILES string of the molecule is CN(CC(=O)N(C)C)Cc1ccc(C=CC(=O)O)s1. The van der Waals surface area contributed by atoms with E-state index in [0.29, 0.717) is 13.1 Å². The fraction of sp³-hybridized carbons (Fsp3) is 0.385. The first-order valence-electron chi connectivity index (χ1n) is 5.77. The highest BCUT2D eigenvalue weighted by Gasteiger charge is 2.09. The molecule has 1 heterocycles. The Balaban J connectivity index is 2.54. The van der Waals surface area contributed by atoms with Crippen LogP contribution in [-0.2, 0) is 16.1 Å². The number of carbonyl (C=O) groups is 2. The van der Waals surface area contributed by atoms with Gasteiger partial charge in [0.25, 0.3) is 0 Å². The molecule has 1 N–H and O–H groups in total. The third-order valence-corrected chi connectivity index (χ3v) is 3.44. The summed E-state index contributed by atoms with van der Waals surface area (Å²) in [5, 5.41) is 8.55. The molecule has 0 aliphatic rings. The maximum Gasteiger partial charge on any atom is 0.328 e. The Kier molecular flexibility index (Phi) is 5.72. The Morgan fingerprint density at radius 3 is 2.58 bits per heavy atom. The van der Waals surface area contributed by atoms with Gasteiger partial charge in [-0.05, 0) is 25.3 Å². The van der Waals surface area contributed by atoms with Crippen LogP contribution < -0.4 is 0 Å². The number of carboxylic acid groups (broad SMARTS) is 1. The van der Waals surface area contributed by atoms with E-state index in [2.05, 4.69) is 0 Å². The first-order chi connectivity index (χ1) is 8.88. The molecule has 1 amide bonds. The molecule has 0 aliphatic heterocycles. The Labute approximate surface area is 116 Å². The van der Waals surface area contributed by atoms with Crippen molar-refractivity contribution in [3.05, 3.63) is 28.0 Å². The molecule has 1 aromatic rings. The zero-order chi connectivity index (χ0) is 14.4. The Hall–Kier alpha value is -1.66. The molecule has 0 saturated heterocycles. The number of rotatable bonds is 6. The number of carboxylic acids is 1. The van der Waals surface area contributed by atoms with Crippen LogP contribution in [0.1, 0.15) is 9.75 Å². The fourth-order valence-electron chi connectivity index (χ4n) is 1.42. The third-order valence-electron chi connectivity index (χ3n) is 2.40. The molecule has 1 aromatic heterocycles. The molecule has 0 fully saturated rings. The lowest BCUT2D eigenvalue weighted by Gasteiger charge is -2.17. The Bertz CT molecular complexity index is 480. The van der Waals surface area contributed by atoms with Gasteiger partial charge in [-0.3, -0.25) is 9.69 Å². The number of carbonyl (C=O) groups excluding carboxylic acids is 1. The minimum absolute atomic E-state index is 0.0602. The maximum absolute atomic E-state index is 11.5. The summed E-state index contributed by atoms with van der Waals surface area (Å²) >= 11 is 1.52. The highest BCUT2D eigenvalue weighted by atomic mass is 32.1. The third kappa shape index (κ3) is 5.67. The van der Waals surface area contributed by atoms with Gasteiger partial charge in [-0.2, -0.15) is 0 Å². The van der Waals surface area contributed by atoms with Crippen molar-refractivity contribution < 1.29 is 14.7 Å². The lowest BCUT2D eigenvalue weighted by Crippen LogP contribution is -2.33. The first-order valence-corrected chi connectivity index (χ1v) is 6.58. The van der Waals surface area contributed by atoms with E-state index < -0.39 is 5.97 Å². The van der Waals surface area contributed by atoms with Gasteiger partial charge in [0.15, 0.2) is 0 Å². The zero-order valence-electron chi connectivity index (χ0n) is 11.3. The van der Waals surface area contributed by atoms with Crippen molar-refractivity contribution >= 4 is 29.3 Å². The van der Waals surface area contributed by atoms with Crippen molar-refractivity contribution in [2.45, 2.75) is 6.54 Å². The van der Waals surface area contributed by atoms with Gasteiger partial charge in [-0.15, -0.1) is 11.3 Å². The van der Waals surface area contributed by atoms with Crippen LogP contribution in [0.5, 0.6) is 0 Å². The van der Waals surface area contributed by atoms with Gasteiger partial charge in [0.05, 0.1) is 6.54 Å². The number of thiophene rings is 1. The molecule has 0 atom stereocenters. The maximum atomic E-state index is 11.5. The van der Waals surface area contributed by atoms with Crippen LogP contribution in [0, 0.1) is 0 Å². The van der Waals surface area contributed by atoms with Crippen LogP contribution in [0.3, 0.4) is 0 Å². The average Bonchev–Trinajstić information content (AvgIpc) is 2.73. The number of hydrogen-bond acceptors (Lipinski definition) is 4. The summed E-state index contributed by atoms with van der Waals surface area (Å²) in [6, 6.07) is 3.82. The van der Waals surface area contributed by atoms with E-state index in [-0.39, 0.29) is 5.91 Å². The predicted molar refractivity (Wildman–Crippen MR) is 76.0 cm³/mol. The smallest absolute Gasteiger partial charge is 0.328 e. The predicted octanol–water partition coefficient (Wildman–Crippen LogP) is 1.37. The molecule has 0 aliphatic carbocycles. The van der Waals surface area contributed by atoms with E-state index in [1.807, 2.05) is 24.1 Å². The molecule has 0 radical (unpaired) electrons. The van der Waals surface area contributed by atoms with Crippen LogP contribution in [-0.4, -0.2) is 54.5 Å². The van der Waals surface area contributed by atoms with Crippen LogP contribution in [0.4, 0.5) is 0 Å². The molecule has 0 saturated carbocycles. The fourth-order valence-corrected chi connectivity index (χ4v) is 2.41. The summed E-state index contributed by atoms with van der Waals surface area (Å²) in [7, 11) is 5.35. The summed E-state index contributed by atoms with van der Waals surface area (Å²) in [5.41, 5.74) is 0. The second kappa shape index (κ2) is 7.06. The standard InChI is InChI=1S/C13H18N2O3S/c1-14(2)12(16)9-15(3)8-11-5-4-10(19-11)6-7-13(17)18/h4-7H,8-9H2,1-3H3,(H,17,18). The summed E-state index contributed by atoms with van der Waals surface area (Å²) in [4.78, 5) is 27.4. The van der Waals surface area contributed by atoms with E-state index in [0.717, 1.165) is 15.8 Å². The van der Waals surface area contributed by atoms with Crippen molar-refractivity contribution in [3.8, 4) is 0 Å². The zero-order valence-corrected chi connectivity index (χ0v) is 12.1. The first kappa shape index (κ1) is 15.4. The summed E-state index contributed by atoms with van der Waals surface area (Å²) in [6.07, 6.45) is 2.69. The monoisotopic (exact) mass is 282 g/mol. The van der Waals surface area contributed by atoms with Crippen molar-refractivity contribution in [1.82, 2.24) is 9.80 Å². The van der Waals surface area contributed by atoms with Crippen LogP contribution in [0.25, 0.3) is 6.08 Å². The minimum atomic E-state index is -0.955. The number of nitrogens with zero attached hydrogens (tertiary/aromatic N) is 2. The van der Waals surface area contributed by atoms with Crippen LogP contribution in [0.15, 0.2) is 18.2 Å². The van der Waals surface area contributed by atoms with Gasteiger partial charge in [0.2, 0.25) is 5.91 Å². The van der Waals surface area contributed by atoms with Gasteiger partial charge in [0, 0.05) is 36.5 Å². The molecule has 0 aromatic carbocycles. The Morgan fingerprint density at radius 2 is 2.00 bits per heavy atom. The van der Waals surface area contributed by atoms with Gasteiger partial charge < -0.3 is 10.0 Å². The summed E-state index contributed by atoms with van der Waals surface area (Å²) in [6.45, 7) is 1.04. The minimum Gasteiger partial charge on any atom is -0.478 e. The number of likely N-dealkylation sites (N-methyl/N-ethyl adjacent to an activating group) is 2. The van der Waals surface area contributed by atoms with Gasteiger partial charge >= 0.3 is 5.97 Å². The van der Waals surface area contributed by atoms with Gasteiger partial charge in [-0.1, -0.05) is 0 Å². The Morgan fingerprint density at radius 1 is 1.32 bits per heavy atom. The number of amides is 1. The normalized spacial score (nSPS) is 11.2. The van der Waals surface area contributed by atoms with Gasteiger partial charge in [0.1, 0.15) is 0 Å². The topological polar surface area (TPSA) is 60.9 Å². The van der Waals surface area contributed by atoms with E-state index in [1.165, 1.54) is 11.3 Å². The van der Waals surface area contributed by atoms with E-state index >= 15 is 0 Å². The summed E-state index contributed by atoms with van der Waals surface area (Å²) in [5.74, 6) is -0.895. The van der Waals surface area contributed by atoms with E-state index in [1.54, 1.807) is 25.1 Å². The summed E-state index contributed by atoms with van der Waals surface area (Å²) < 4.78 is 0. The lowest BCUT2D eigenvalue weighted by molar-refractivity contribution is -0.131. The molecule has 6 heteroatoms. The van der Waals surface area contributed by atoms with E-state index in [9.17, 15) is 9.59 Å². The van der Waals surface area contributed by atoms with Crippen LogP contribution >= 0.6 is 11.3 Å². The molecule has 5 nitrogen and oxygen atoms in total. The average molecular weight is 282 g/mol. The highest BCUT2D eigenvalue weighted by Crippen LogP contribution is 2.19.